The van der Waals surface area contributed by atoms with Gasteiger partial charge in [0.25, 0.3) is 0 Å². The van der Waals surface area contributed by atoms with Gasteiger partial charge < -0.3 is 9.32 Å². The first-order chi connectivity index (χ1) is 12.2. The van der Waals surface area contributed by atoms with Gasteiger partial charge in [-0.3, -0.25) is 4.79 Å². The van der Waals surface area contributed by atoms with Gasteiger partial charge >= 0.3 is 5.63 Å². The number of hydrogen-bond donors (Lipinski definition) is 0. The predicted octanol–water partition coefficient (Wildman–Crippen LogP) is 4.17. The Morgan fingerprint density at radius 1 is 1.08 bits per heavy atom. The van der Waals surface area contributed by atoms with Crippen LogP contribution in [0.4, 0.5) is 5.69 Å². The molecule has 0 aliphatic carbocycles. The fourth-order valence-corrected chi connectivity index (χ4v) is 4.43. The zero-order valence-electron chi connectivity index (χ0n) is 15.9. The molecule has 0 radical (unpaired) electrons. The first-order valence-corrected chi connectivity index (χ1v) is 9.27. The third-order valence-corrected chi connectivity index (χ3v) is 6.11. The molecule has 0 saturated carbocycles. The molecule has 4 nitrogen and oxygen atoms in total. The Hall–Kier alpha value is -2.36. The van der Waals surface area contributed by atoms with Crippen molar-refractivity contribution in [2.24, 2.45) is 0 Å². The largest absolute Gasteiger partial charge is 0.422 e. The van der Waals surface area contributed by atoms with Crippen LogP contribution in [0.15, 0.2) is 27.4 Å². The standard InChI is InChI=1S/C22H25NO3/c1-21(2)7-9-23-10-8-22(3,4)17-18(23)16(21)13-15-12-14(6-5-11-24)20(25)26-19(15)17/h5-6,11-13H,7-10H2,1-4H3/b6-5+. The van der Waals surface area contributed by atoms with Crippen molar-refractivity contribution in [2.45, 2.75) is 51.4 Å². The van der Waals surface area contributed by atoms with Gasteiger partial charge in [-0.1, -0.05) is 27.7 Å². The van der Waals surface area contributed by atoms with E-state index in [1.54, 1.807) is 0 Å². The van der Waals surface area contributed by atoms with Crippen LogP contribution in [-0.2, 0) is 15.6 Å². The Kier molecular flexibility index (Phi) is 3.66. The van der Waals surface area contributed by atoms with Crippen molar-refractivity contribution < 1.29 is 9.21 Å². The highest BCUT2D eigenvalue weighted by molar-refractivity contribution is 5.91. The van der Waals surface area contributed by atoms with Crippen molar-refractivity contribution >= 4 is 29.0 Å². The monoisotopic (exact) mass is 351 g/mol. The Labute approximate surface area is 153 Å². The smallest absolute Gasteiger partial charge is 0.343 e. The van der Waals surface area contributed by atoms with E-state index in [-0.39, 0.29) is 10.8 Å². The normalized spacial score (nSPS) is 20.4. The van der Waals surface area contributed by atoms with E-state index in [9.17, 15) is 9.59 Å². The molecule has 2 aliphatic rings. The number of carbonyl (C=O) groups is 1. The van der Waals surface area contributed by atoms with Crippen LogP contribution in [0.5, 0.6) is 0 Å². The summed E-state index contributed by atoms with van der Waals surface area (Å²) in [5.41, 5.74) is 4.50. The molecule has 0 atom stereocenters. The van der Waals surface area contributed by atoms with Crippen molar-refractivity contribution in [3.63, 3.8) is 0 Å². The maximum absolute atomic E-state index is 12.5. The fraction of sp³-hybridized carbons (Fsp3) is 0.455. The van der Waals surface area contributed by atoms with Crippen LogP contribution < -0.4 is 10.5 Å². The number of aldehydes is 1. The van der Waals surface area contributed by atoms with Gasteiger partial charge in [-0.2, -0.15) is 0 Å². The molecule has 2 aliphatic heterocycles. The van der Waals surface area contributed by atoms with Crippen molar-refractivity contribution in [3.05, 3.63) is 45.3 Å². The summed E-state index contributed by atoms with van der Waals surface area (Å²) in [5.74, 6) is 0. The number of rotatable bonds is 2. The summed E-state index contributed by atoms with van der Waals surface area (Å²) in [5, 5.41) is 0.939. The third kappa shape index (κ3) is 2.43. The molecule has 0 fully saturated rings. The van der Waals surface area contributed by atoms with Crippen LogP contribution in [0, 0.1) is 0 Å². The van der Waals surface area contributed by atoms with E-state index in [4.69, 9.17) is 4.42 Å². The Balaban J connectivity index is 2.12. The molecule has 1 aromatic heterocycles. The van der Waals surface area contributed by atoms with Crippen molar-refractivity contribution in [2.75, 3.05) is 18.0 Å². The van der Waals surface area contributed by atoms with E-state index >= 15 is 0 Å². The average molecular weight is 351 g/mol. The summed E-state index contributed by atoms with van der Waals surface area (Å²) in [6.45, 7) is 11.1. The molecule has 26 heavy (non-hydrogen) atoms. The predicted molar refractivity (Wildman–Crippen MR) is 105 cm³/mol. The maximum Gasteiger partial charge on any atom is 0.343 e. The summed E-state index contributed by atoms with van der Waals surface area (Å²) in [6.07, 6.45) is 5.67. The minimum absolute atomic E-state index is 0.0520. The highest BCUT2D eigenvalue weighted by Gasteiger charge is 2.41. The molecule has 2 aromatic rings. The Morgan fingerprint density at radius 3 is 2.46 bits per heavy atom. The van der Waals surface area contributed by atoms with E-state index in [2.05, 4.69) is 38.7 Å². The van der Waals surface area contributed by atoms with E-state index in [0.29, 0.717) is 17.4 Å². The van der Waals surface area contributed by atoms with Crippen LogP contribution in [0.25, 0.3) is 17.0 Å². The number of carbonyl (C=O) groups excluding carboxylic acids is 1. The minimum atomic E-state index is -0.394. The number of benzene rings is 1. The molecule has 4 heteroatoms. The fourth-order valence-electron chi connectivity index (χ4n) is 4.43. The van der Waals surface area contributed by atoms with Gasteiger partial charge in [0, 0.05) is 29.7 Å². The van der Waals surface area contributed by atoms with E-state index in [0.717, 1.165) is 36.9 Å². The number of nitrogens with zero attached hydrogens (tertiary/aromatic N) is 1. The molecule has 0 unspecified atom stereocenters. The third-order valence-electron chi connectivity index (χ3n) is 6.11. The van der Waals surface area contributed by atoms with Crippen LogP contribution in [0.1, 0.15) is 57.2 Å². The summed E-state index contributed by atoms with van der Waals surface area (Å²) in [4.78, 5) is 25.6. The Morgan fingerprint density at radius 2 is 1.77 bits per heavy atom. The number of allylic oxidation sites excluding steroid dienone is 1. The molecule has 0 saturated heterocycles. The number of hydrogen-bond acceptors (Lipinski definition) is 4. The van der Waals surface area contributed by atoms with Gasteiger partial charge in [0.1, 0.15) is 11.9 Å². The highest BCUT2D eigenvalue weighted by Crippen LogP contribution is 2.51. The molecule has 4 rings (SSSR count). The molecule has 0 N–H and O–H groups in total. The molecule has 0 spiro atoms. The second kappa shape index (κ2) is 5.57. The van der Waals surface area contributed by atoms with E-state index < -0.39 is 5.63 Å². The average Bonchev–Trinajstić information content (AvgIpc) is 2.57. The minimum Gasteiger partial charge on any atom is -0.422 e. The summed E-state index contributed by atoms with van der Waals surface area (Å²) in [6, 6.07) is 4.04. The van der Waals surface area contributed by atoms with Crippen LogP contribution in [-0.4, -0.2) is 19.4 Å². The van der Waals surface area contributed by atoms with Gasteiger partial charge in [0.05, 0.1) is 5.56 Å². The van der Waals surface area contributed by atoms with Crippen molar-refractivity contribution in [1.29, 1.82) is 0 Å². The SMILES string of the molecule is CC1(C)CCN2CCC(C)(C)c3c2c1cc1cc(/C=C/C=O)c(=O)oc31. The molecule has 136 valence electrons. The summed E-state index contributed by atoms with van der Waals surface area (Å²) in [7, 11) is 0. The topological polar surface area (TPSA) is 50.5 Å². The quantitative estimate of drug-likeness (QED) is 0.463. The lowest BCUT2D eigenvalue weighted by molar-refractivity contribution is -0.104. The molecular formula is C22H25NO3. The lowest BCUT2D eigenvalue weighted by Gasteiger charge is -2.48. The van der Waals surface area contributed by atoms with Crippen molar-refractivity contribution in [1.82, 2.24) is 0 Å². The molecule has 0 amide bonds. The van der Waals surface area contributed by atoms with Crippen LogP contribution >= 0.6 is 0 Å². The summed E-state index contributed by atoms with van der Waals surface area (Å²) < 4.78 is 5.81. The van der Waals surface area contributed by atoms with Crippen molar-refractivity contribution in [3.8, 4) is 0 Å². The van der Waals surface area contributed by atoms with Gasteiger partial charge in [0.15, 0.2) is 0 Å². The maximum atomic E-state index is 12.5. The first kappa shape index (κ1) is 17.1. The van der Waals surface area contributed by atoms with Gasteiger partial charge in [-0.15, -0.1) is 0 Å². The first-order valence-electron chi connectivity index (χ1n) is 9.27. The lowest BCUT2D eigenvalue weighted by atomic mass is 9.69. The van der Waals surface area contributed by atoms with Gasteiger partial charge in [-0.25, -0.2) is 4.79 Å². The van der Waals surface area contributed by atoms with Gasteiger partial charge in [-0.05, 0) is 53.5 Å². The lowest BCUT2D eigenvalue weighted by Crippen LogP contribution is -2.44. The second-order valence-corrected chi connectivity index (χ2v) is 8.81. The Bertz CT molecular complexity index is 993. The van der Waals surface area contributed by atoms with Crippen LogP contribution in [0.3, 0.4) is 0 Å². The molecular weight excluding hydrogens is 326 g/mol. The number of anilines is 1. The summed E-state index contributed by atoms with van der Waals surface area (Å²) >= 11 is 0. The molecule has 1 aromatic carbocycles. The van der Waals surface area contributed by atoms with E-state index in [1.165, 1.54) is 23.4 Å². The molecule has 0 bridgehead atoms. The van der Waals surface area contributed by atoms with E-state index in [1.807, 2.05) is 6.07 Å². The second-order valence-electron chi connectivity index (χ2n) is 8.81. The molecule has 3 heterocycles. The zero-order chi connectivity index (χ0) is 18.7. The zero-order valence-corrected chi connectivity index (χ0v) is 15.9. The number of fused-ring (bicyclic) bond motifs is 2. The van der Waals surface area contributed by atoms with Gasteiger partial charge in [0.2, 0.25) is 0 Å². The van der Waals surface area contributed by atoms with Crippen LogP contribution in [0.2, 0.25) is 0 Å². The highest BCUT2D eigenvalue weighted by atomic mass is 16.4.